The average molecular weight is 281 g/mol. The third-order valence-electron chi connectivity index (χ3n) is 2.15. The van der Waals surface area contributed by atoms with Gasteiger partial charge in [-0.05, 0) is 34.1 Å². The summed E-state index contributed by atoms with van der Waals surface area (Å²) in [6.07, 6.45) is 2.63. The molecule has 2 aromatic rings. The van der Waals surface area contributed by atoms with E-state index in [-0.39, 0.29) is 6.42 Å². The zero-order chi connectivity index (χ0) is 11.5. The molecule has 0 unspecified atom stereocenters. The molecule has 0 aromatic carbocycles. The van der Waals surface area contributed by atoms with Gasteiger partial charge >= 0.3 is 0 Å². The number of halogens is 1. The fraction of sp³-hybridized carbons (Fsp3) is 0.0909. The molecule has 0 aliphatic rings. The summed E-state index contributed by atoms with van der Waals surface area (Å²) in [4.78, 5) is 14.6. The Bertz CT molecular complexity index is 509. The van der Waals surface area contributed by atoms with E-state index in [1.165, 1.54) is 0 Å². The molecule has 0 saturated heterocycles. The molecule has 2 heterocycles. The molecule has 0 spiro atoms. The quantitative estimate of drug-likeness (QED) is 0.877. The van der Waals surface area contributed by atoms with Gasteiger partial charge in [-0.25, -0.2) is 4.98 Å². The molecule has 2 aromatic heterocycles. The standard InChI is InChI=1S/C11H9BrN2O2/c12-8-6-7(3-4-15)11(13)14-10(8)9-2-1-5-16-9/h1-2,4-6H,3H2,(H2,13,14). The van der Waals surface area contributed by atoms with E-state index in [9.17, 15) is 4.79 Å². The highest BCUT2D eigenvalue weighted by atomic mass is 79.9. The highest BCUT2D eigenvalue weighted by molar-refractivity contribution is 9.10. The Hall–Kier alpha value is -1.62. The number of aldehydes is 1. The number of pyridine rings is 1. The second-order valence-electron chi connectivity index (χ2n) is 3.21. The van der Waals surface area contributed by atoms with Gasteiger partial charge in [-0.2, -0.15) is 0 Å². The summed E-state index contributed by atoms with van der Waals surface area (Å²) in [7, 11) is 0. The smallest absolute Gasteiger partial charge is 0.153 e. The number of hydrogen-bond acceptors (Lipinski definition) is 4. The highest BCUT2D eigenvalue weighted by Gasteiger charge is 2.11. The normalized spacial score (nSPS) is 10.3. The molecular formula is C11H9BrN2O2. The SMILES string of the molecule is Nc1nc(-c2ccco2)c(Br)cc1CC=O. The first-order chi connectivity index (χ1) is 7.72. The number of aromatic nitrogens is 1. The lowest BCUT2D eigenvalue weighted by atomic mass is 10.1. The maximum absolute atomic E-state index is 10.4. The van der Waals surface area contributed by atoms with Crippen molar-refractivity contribution < 1.29 is 9.21 Å². The van der Waals surface area contributed by atoms with Crippen LogP contribution in [-0.2, 0) is 11.2 Å². The maximum atomic E-state index is 10.4. The van der Waals surface area contributed by atoms with E-state index in [2.05, 4.69) is 20.9 Å². The Morgan fingerprint density at radius 2 is 2.38 bits per heavy atom. The fourth-order valence-electron chi connectivity index (χ4n) is 1.38. The Morgan fingerprint density at radius 3 is 3.00 bits per heavy atom. The molecule has 0 amide bonds. The minimum Gasteiger partial charge on any atom is -0.463 e. The molecule has 4 nitrogen and oxygen atoms in total. The Kier molecular flexibility index (Phi) is 3.05. The van der Waals surface area contributed by atoms with Crippen LogP contribution in [0.15, 0.2) is 33.4 Å². The molecule has 0 aliphatic heterocycles. The average Bonchev–Trinajstić information content (AvgIpc) is 2.76. The number of anilines is 1. The van der Waals surface area contributed by atoms with Gasteiger partial charge in [0, 0.05) is 16.5 Å². The number of carbonyl (C=O) groups excluding carboxylic acids is 1. The van der Waals surface area contributed by atoms with Gasteiger partial charge in [-0.1, -0.05) is 0 Å². The van der Waals surface area contributed by atoms with Gasteiger partial charge in [0.25, 0.3) is 0 Å². The summed E-state index contributed by atoms with van der Waals surface area (Å²) in [5, 5.41) is 0. The van der Waals surface area contributed by atoms with Crippen molar-refractivity contribution in [3.8, 4) is 11.5 Å². The molecule has 0 radical (unpaired) electrons. The second kappa shape index (κ2) is 4.49. The van der Waals surface area contributed by atoms with Crippen molar-refractivity contribution in [2.24, 2.45) is 0 Å². The molecule has 0 bridgehead atoms. The fourth-order valence-corrected chi connectivity index (χ4v) is 1.94. The summed E-state index contributed by atoms with van der Waals surface area (Å²) in [5.41, 5.74) is 7.09. The van der Waals surface area contributed by atoms with Crippen molar-refractivity contribution in [1.29, 1.82) is 0 Å². The van der Waals surface area contributed by atoms with Gasteiger partial charge in [0.1, 0.15) is 17.8 Å². The number of carbonyl (C=O) groups is 1. The van der Waals surface area contributed by atoms with E-state index in [4.69, 9.17) is 10.2 Å². The molecule has 0 fully saturated rings. The van der Waals surface area contributed by atoms with E-state index < -0.39 is 0 Å². The predicted molar refractivity (Wildman–Crippen MR) is 63.8 cm³/mol. The molecule has 82 valence electrons. The first-order valence-electron chi connectivity index (χ1n) is 4.64. The van der Waals surface area contributed by atoms with Gasteiger partial charge in [0.05, 0.1) is 6.26 Å². The summed E-state index contributed by atoms with van der Waals surface area (Å²) in [6, 6.07) is 5.36. The molecule has 2 N–H and O–H groups in total. The van der Waals surface area contributed by atoms with Crippen molar-refractivity contribution in [3.63, 3.8) is 0 Å². The van der Waals surface area contributed by atoms with Crippen LogP contribution in [0.5, 0.6) is 0 Å². The van der Waals surface area contributed by atoms with E-state index in [1.807, 2.05) is 0 Å². The number of nitrogen functional groups attached to an aromatic ring is 1. The van der Waals surface area contributed by atoms with E-state index in [1.54, 1.807) is 24.5 Å². The molecule has 2 rings (SSSR count). The van der Waals surface area contributed by atoms with Crippen molar-refractivity contribution in [2.75, 3.05) is 5.73 Å². The zero-order valence-corrected chi connectivity index (χ0v) is 9.90. The third kappa shape index (κ3) is 1.99. The number of nitrogens with two attached hydrogens (primary N) is 1. The van der Waals surface area contributed by atoms with Gasteiger partial charge in [-0.3, -0.25) is 0 Å². The molecular weight excluding hydrogens is 272 g/mol. The van der Waals surface area contributed by atoms with E-state index in [0.29, 0.717) is 22.8 Å². The number of nitrogens with zero attached hydrogens (tertiary/aromatic N) is 1. The van der Waals surface area contributed by atoms with Crippen molar-refractivity contribution in [3.05, 3.63) is 34.5 Å². The van der Waals surface area contributed by atoms with Crippen molar-refractivity contribution in [2.45, 2.75) is 6.42 Å². The van der Waals surface area contributed by atoms with Crippen LogP contribution in [0.3, 0.4) is 0 Å². The lowest BCUT2D eigenvalue weighted by molar-refractivity contribution is -0.107. The molecule has 0 aliphatic carbocycles. The van der Waals surface area contributed by atoms with E-state index in [0.717, 1.165) is 10.8 Å². The van der Waals surface area contributed by atoms with E-state index >= 15 is 0 Å². The maximum Gasteiger partial charge on any atom is 0.153 e. The van der Waals surface area contributed by atoms with Crippen LogP contribution in [0, 0.1) is 0 Å². The molecule has 0 saturated carbocycles. The zero-order valence-electron chi connectivity index (χ0n) is 8.31. The first-order valence-corrected chi connectivity index (χ1v) is 5.44. The minimum absolute atomic E-state index is 0.260. The predicted octanol–water partition coefficient (Wildman–Crippen LogP) is 2.43. The van der Waals surface area contributed by atoms with Crippen LogP contribution in [0.4, 0.5) is 5.82 Å². The first kappa shape index (κ1) is 10.9. The van der Waals surface area contributed by atoms with Crippen LogP contribution in [0.1, 0.15) is 5.56 Å². The number of furan rings is 1. The van der Waals surface area contributed by atoms with Crippen LogP contribution in [-0.4, -0.2) is 11.3 Å². The monoisotopic (exact) mass is 280 g/mol. The van der Waals surface area contributed by atoms with Gasteiger partial charge in [0.2, 0.25) is 0 Å². The molecule has 16 heavy (non-hydrogen) atoms. The minimum atomic E-state index is 0.260. The van der Waals surface area contributed by atoms with Crippen LogP contribution >= 0.6 is 15.9 Å². The largest absolute Gasteiger partial charge is 0.463 e. The van der Waals surface area contributed by atoms with Crippen molar-refractivity contribution >= 4 is 28.0 Å². The lowest BCUT2D eigenvalue weighted by Crippen LogP contribution is -2.00. The van der Waals surface area contributed by atoms with Crippen LogP contribution in [0.25, 0.3) is 11.5 Å². The number of hydrogen-bond donors (Lipinski definition) is 1. The van der Waals surface area contributed by atoms with Gasteiger partial charge in [-0.15, -0.1) is 0 Å². The Morgan fingerprint density at radius 1 is 1.56 bits per heavy atom. The highest BCUT2D eigenvalue weighted by Crippen LogP contribution is 2.29. The Labute approximate surface area is 101 Å². The van der Waals surface area contributed by atoms with Gasteiger partial charge < -0.3 is 14.9 Å². The Balaban J connectivity index is 2.49. The topological polar surface area (TPSA) is 69.1 Å². The van der Waals surface area contributed by atoms with Gasteiger partial charge in [0.15, 0.2) is 5.76 Å². The third-order valence-corrected chi connectivity index (χ3v) is 2.75. The number of rotatable bonds is 3. The molecule has 0 atom stereocenters. The lowest BCUT2D eigenvalue weighted by Gasteiger charge is -2.06. The summed E-state index contributed by atoms with van der Waals surface area (Å²) in [6.45, 7) is 0. The second-order valence-corrected chi connectivity index (χ2v) is 4.07. The summed E-state index contributed by atoms with van der Waals surface area (Å²) in [5.74, 6) is 0.984. The summed E-state index contributed by atoms with van der Waals surface area (Å²) >= 11 is 3.38. The van der Waals surface area contributed by atoms with Crippen molar-refractivity contribution in [1.82, 2.24) is 4.98 Å². The summed E-state index contributed by atoms with van der Waals surface area (Å²) < 4.78 is 6.00. The van der Waals surface area contributed by atoms with Crippen LogP contribution < -0.4 is 5.73 Å². The van der Waals surface area contributed by atoms with Crippen LogP contribution in [0.2, 0.25) is 0 Å². The molecule has 5 heteroatoms.